The van der Waals surface area contributed by atoms with E-state index >= 15 is 0 Å². The first-order valence-electron chi connectivity index (χ1n) is 7.35. The number of fused-ring (bicyclic) bond motifs is 3. The van der Waals surface area contributed by atoms with E-state index in [0.29, 0.717) is 0 Å². The monoisotopic (exact) mass is 304 g/mol. The lowest BCUT2D eigenvalue weighted by atomic mass is 10.0. The summed E-state index contributed by atoms with van der Waals surface area (Å²) in [6, 6.07) is 5.83. The number of carbonyl (C=O) groups excluding carboxylic acids is 1. The van der Waals surface area contributed by atoms with Crippen LogP contribution in [0.5, 0.6) is 0 Å². The Bertz CT molecular complexity index is 724. The van der Waals surface area contributed by atoms with E-state index in [-0.39, 0.29) is 18.1 Å². The van der Waals surface area contributed by atoms with Crippen molar-refractivity contribution in [2.24, 2.45) is 0 Å². The number of cyclic esters (lactones) is 1. The Morgan fingerprint density at radius 1 is 1.43 bits per heavy atom. The molecule has 2 atom stereocenters. The zero-order chi connectivity index (χ0) is 14.6. The van der Waals surface area contributed by atoms with E-state index in [1.807, 2.05) is 25.1 Å². The Balaban J connectivity index is 1.69. The van der Waals surface area contributed by atoms with Gasteiger partial charge in [-0.1, -0.05) is 11.6 Å². The number of aromatic nitrogens is 1. The molecule has 0 radical (unpaired) electrons. The van der Waals surface area contributed by atoms with Crippen molar-refractivity contribution < 1.29 is 9.53 Å². The summed E-state index contributed by atoms with van der Waals surface area (Å²) in [5.41, 5.74) is 3.66. The normalized spacial score (nSPS) is 26.1. The van der Waals surface area contributed by atoms with Crippen LogP contribution < -0.4 is 0 Å². The van der Waals surface area contributed by atoms with Gasteiger partial charge in [-0.3, -0.25) is 9.69 Å². The number of nitrogens with one attached hydrogen (secondary N) is 1. The van der Waals surface area contributed by atoms with Crippen molar-refractivity contribution in [3.8, 4) is 0 Å². The second-order valence-electron chi connectivity index (χ2n) is 5.99. The highest BCUT2D eigenvalue weighted by molar-refractivity contribution is 6.31. The molecule has 21 heavy (non-hydrogen) atoms. The molecular weight excluding hydrogens is 288 g/mol. The summed E-state index contributed by atoms with van der Waals surface area (Å²) in [6.07, 6.45) is 1.75. The molecule has 3 heterocycles. The Hall–Kier alpha value is -1.52. The minimum atomic E-state index is -0.0997. The van der Waals surface area contributed by atoms with Crippen LogP contribution >= 0.6 is 11.6 Å². The Morgan fingerprint density at radius 3 is 3.05 bits per heavy atom. The van der Waals surface area contributed by atoms with Gasteiger partial charge in [0.15, 0.2) is 0 Å². The summed E-state index contributed by atoms with van der Waals surface area (Å²) in [4.78, 5) is 17.7. The highest BCUT2D eigenvalue weighted by Crippen LogP contribution is 2.32. The summed E-state index contributed by atoms with van der Waals surface area (Å²) in [7, 11) is 0. The number of hydrogen-bond acceptors (Lipinski definition) is 3. The molecule has 2 aliphatic heterocycles. The van der Waals surface area contributed by atoms with E-state index in [0.717, 1.165) is 36.5 Å². The standard InChI is InChI=1S/C16H17ClN2O2/c1-9-6-15(16(20)21-9)19-5-4-14-12(8-19)11-7-10(17)2-3-13(11)18-14/h2-3,7,9,15,18H,4-6,8H2,1H3/t9-,15-/m0/s1. The maximum absolute atomic E-state index is 12.0. The molecule has 1 aromatic carbocycles. The number of hydrogen-bond donors (Lipinski definition) is 1. The number of carbonyl (C=O) groups is 1. The van der Waals surface area contributed by atoms with Gasteiger partial charge in [0.2, 0.25) is 0 Å². The highest BCUT2D eigenvalue weighted by Gasteiger charge is 2.38. The molecule has 0 aliphatic carbocycles. The summed E-state index contributed by atoms with van der Waals surface area (Å²) < 4.78 is 5.29. The molecule has 0 bridgehead atoms. The lowest BCUT2D eigenvalue weighted by molar-refractivity contribution is -0.145. The molecule has 0 spiro atoms. The zero-order valence-electron chi connectivity index (χ0n) is 11.9. The fraction of sp³-hybridized carbons (Fsp3) is 0.438. The molecule has 4 nitrogen and oxygen atoms in total. The molecule has 2 aromatic rings. The van der Waals surface area contributed by atoms with Crippen LogP contribution in [-0.2, 0) is 22.5 Å². The topological polar surface area (TPSA) is 45.3 Å². The van der Waals surface area contributed by atoms with Crippen molar-refractivity contribution in [2.75, 3.05) is 6.54 Å². The van der Waals surface area contributed by atoms with E-state index in [1.165, 1.54) is 16.6 Å². The minimum Gasteiger partial charge on any atom is -0.461 e. The molecule has 1 fully saturated rings. The van der Waals surface area contributed by atoms with E-state index in [9.17, 15) is 4.79 Å². The van der Waals surface area contributed by atoms with Crippen molar-refractivity contribution in [2.45, 2.75) is 38.5 Å². The Morgan fingerprint density at radius 2 is 2.29 bits per heavy atom. The third-order valence-electron chi connectivity index (χ3n) is 4.55. The van der Waals surface area contributed by atoms with Gasteiger partial charge in [-0.15, -0.1) is 0 Å². The number of aromatic amines is 1. The van der Waals surface area contributed by atoms with Gasteiger partial charge >= 0.3 is 5.97 Å². The van der Waals surface area contributed by atoms with Gasteiger partial charge in [-0.05, 0) is 30.7 Å². The minimum absolute atomic E-state index is 0.0290. The molecular formula is C16H17ClN2O2. The number of ether oxygens (including phenoxy) is 1. The number of benzene rings is 1. The fourth-order valence-electron chi connectivity index (χ4n) is 3.51. The van der Waals surface area contributed by atoms with Crippen LogP contribution in [0, 0.1) is 0 Å². The van der Waals surface area contributed by atoms with Gasteiger partial charge in [-0.25, -0.2) is 0 Å². The summed E-state index contributed by atoms with van der Waals surface area (Å²) in [6.45, 7) is 3.63. The third-order valence-corrected chi connectivity index (χ3v) is 4.79. The first-order chi connectivity index (χ1) is 10.1. The van der Waals surface area contributed by atoms with Gasteiger partial charge in [0.05, 0.1) is 0 Å². The molecule has 0 amide bonds. The largest absolute Gasteiger partial charge is 0.461 e. The molecule has 1 aromatic heterocycles. The smallest absolute Gasteiger partial charge is 0.323 e. The molecule has 1 saturated heterocycles. The number of nitrogens with zero attached hydrogens (tertiary/aromatic N) is 1. The number of rotatable bonds is 1. The van der Waals surface area contributed by atoms with Crippen LogP contribution in [-0.4, -0.2) is 34.5 Å². The molecule has 0 unspecified atom stereocenters. The molecule has 110 valence electrons. The quantitative estimate of drug-likeness (QED) is 0.824. The van der Waals surface area contributed by atoms with Crippen LogP contribution in [0.3, 0.4) is 0 Å². The number of H-pyrrole nitrogens is 1. The van der Waals surface area contributed by atoms with Gasteiger partial charge in [0.25, 0.3) is 0 Å². The molecule has 2 aliphatic rings. The van der Waals surface area contributed by atoms with Gasteiger partial charge in [-0.2, -0.15) is 0 Å². The number of halogens is 1. The highest BCUT2D eigenvalue weighted by atomic mass is 35.5. The van der Waals surface area contributed by atoms with E-state index < -0.39 is 0 Å². The van der Waals surface area contributed by atoms with E-state index in [4.69, 9.17) is 16.3 Å². The third kappa shape index (κ3) is 2.14. The van der Waals surface area contributed by atoms with Crippen molar-refractivity contribution in [3.05, 3.63) is 34.5 Å². The number of esters is 1. The van der Waals surface area contributed by atoms with E-state index in [1.54, 1.807) is 0 Å². The Labute approximate surface area is 128 Å². The average Bonchev–Trinajstić information content (AvgIpc) is 2.98. The SMILES string of the molecule is C[C@H]1C[C@H](N2CCc3[nH]c4ccc(Cl)cc4c3C2)C(=O)O1. The van der Waals surface area contributed by atoms with Gasteiger partial charge in [0.1, 0.15) is 12.1 Å². The maximum Gasteiger partial charge on any atom is 0.323 e. The van der Waals surface area contributed by atoms with Crippen molar-refractivity contribution in [1.29, 1.82) is 0 Å². The average molecular weight is 305 g/mol. The van der Waals surface area contributed by atoms with Crippen LogP contribution in [0.1, 0.15) is 24.6 Å². The van der Waals surface area contributed by atoms with Crippen LogP contribution in [0.2, 0.25) is 5.02 Å². The first kappa shape index (κ1) is 13.2. The summed E-state index contributed by atoms with van der Waals surface area (Å²) >= 11 is 6.12. The van der Waals surface area contributed by atoms with Crippen LogP contribution in [0.15, 0.2) is 18.2 Å². The van der Waals surface area contributed by atoms with Crippen molar-refractivity contribution in [1.82, 2.24) is 9.88 Å². The van der Waals surface area contributed by atoms with Gasteiger partial charge in [0, 0.05) is 47.6 Å². The van der Waals surface area contributed by atoms with E-state index in [2.05, 4.69) is 9.88 Å². The molecule has 4 rings (SSSR count). The maximum atomic E-state index is 12.0. The zero-order valence-corrected chi connectivity index (χ0v) is 12.6. The first-order valence-corrected chi connectivity index (χ1v) is 7.73. The van der Waals surface area contributed by atoms with Gasteiger partial charge < -0.3 is 9.72 Å². The summed E-state index contributed by atoms with van der Waals surface area (Å²) in [5, 5.41) is 1.91. The second-order valence-corrected chi connectivity index (χ2v) is 6.43. The van der Waals surface area contributed by atoms with Crippen LogP contribution in [0.25, 0.3) is 10.9 Å². The molecule has 0 saturated carbocycles. The fourth-order valence-corrected chi connectivity index (χ4v) is 3.68. The Kier molecular flexibility index (Phi) is 2.98. The summed E-state index contributed by atoms with van der Waals surface area (Å²) in [5.74, 6) is -0.0798. The van der Waals surface area contributed by atoms with Crippen molar-refractivity contribution >= 4 is 28.5 Å². The molecule has 5 heteroatoms. The lowest BCUT2D eigenvalue weighted by Gasteiger charge is -2.30. The molecule has 1 N–H and O–H groups in total. The predicted octanol–water partition coefficient (Wildman–Crippen LogP) is 2.88. The second kappa shape index (κ2) is 4.75. The predicted molar refractivity (Wildman–Crippen MR) is 81.4 cm³/mol. The lowest BCUT2D eigenvalue weighted by Crippen LogP contribution is -2.41. The van der Waals surface area contributed by atoms with Crippen molar-refractivity contribution in [3.63, 3.8) is 0 Å². The van der Waals surface area contributed by atoms with Crippen LogP contribution in [0.4, 0.5) is 0 Å².